The fourth-order valence-electron chi connectivity index (χ4n) is 3.34. The maximum absolute atomic E-state index is 12.9. The number of para-hydroxylation sites is 3. The van der Waals surface area contributed by atoms with E-state index >= 15 is 0 Å². The zero-order valence-electron chi connectivity index (χ0n) is 15.1. The topological polar surface area (TPSA) is 55.1 Å². The number of thiazole rings is 1. The maximum atomic E-state index is 12.9. The lowest BCUT2D eigenvalue weighted by Gasteiger charge is -2.08. The minimum Gasteiger partial charge on any atom is -0.451 e. The molecular formula is C23H16N2O2S. The lowest BCUT2D eigenvalue weighted by molar-refractivity contribution is 0.0998. The SMILES string of the molecule is Cc1c(C(=O)Nc2ccccc2-c2nc3ccccc3s2)oc2ccccc12. The van der Waals surface area contributed by atoms with Gasteiger partial charge in [0.2, 0.25) is 0 Å². The summed E-state index contributed by atoms with van der Waals surface area (Å²) >= 11 is 1.61. The lowest BCUT2D eigenvalue weighted by Crippen LogP contribution is -2.12. The third-order valence-electron chi connectivity index (χ3n) is 4.75. The Labute approximate surface area is 165 Å². The van der Waals surface area contributed by atoms with Gasteiger partial charge in [-0.2, -0.15) is 0 Å². The molecule has 5 rings (SSSR count). The summed E-state index contributed by atoms with van der Waals surface area (Å²) in [5, 5.41) is 4.83. The average Bonchev–Trinajstić information content (AvgIpc) is 3.30. The monoisotopic (exact) mass is 384 g/mol. The molecule has 0 aliphatic carbocycles. The van der Waals surface area contributed by atoms with Gasteiger partial charge in [0.05, 0.1) is 15.9 Å². The highest BCUT2D eigenvalue weighted by molar-refractivity contribution is 7.21. The summed E-state index contributed by atoms with van der Waals surface area (Å²) in [6, 6.07) is 23.4. The van der Waals surface area contributed by atoms with E-state index in [-0.39, 0.29) is 5.91 Å². The van der Waals surface area contributed by atoms with Gasteiger partial charge in [0, 0.05) is 16.5 Å². The molecule has 1 N–H and O–H groups in total. The van der Waals surface area contributed by atoms with Crippen LogP contribution in [0.1, 0.15) is 16.1 Å². The molecule has 5 aromatic rings. The highest BCUT2D eigenvalue weighted by Crippen LogP contribution is 2.35. The summed E-state index contributed by atoms with van der Waals surface area (Å²) < 4.78 is 6.92. The molecule has 2 heterocycles. The largest absolute Gasteiger partial charge is 0.451 e. The van der Waals surface area contributed by atoms with E-state index in [1.165, 1.54) is 0 Å². The van der Waals surface area contributed by atoms with Crippen LogP contribution in [0.2, 0.25) is 0 Å². The molecule has 0 atom stereocenters. The Balaban J connectivity index is 1.53. The predicted molar refractivity (Wildman–Crippen MR) is 114 cm³/mol. The van der Waals surface area contributed by atoms with Crippen LogP contribution in [-0.4, -0.2) is 10.9 Å². The Bertz CT molecular complexity index is 1300. The third-order valence-corrected chi connectivity index (χ3v) is 5.82. The first-order valence-corrected chi connectivity index (χ1v) is 9.77. The van der Waals surface area contributed by atoms with E-state index in [0.717, 1.165) is 31.7 Å². The second-order valence-corrected chi connectivity index (χ2v) is 7.57. The number of nitrogens with zero attached hydrogens (tertiary/aromatic N) is 1. The minimum absolute atomic E-state index is 0.262. The highest BCUT2D eigenvalue weighted by Gasteiger charge is 2.19. The number of anilines is 1. The second-order valence-electron chi connectivity index (χ2n) is 6.54. The van der Waals surface area contributed by atoms with Gasteiger partial charge in [-0.05, 0) is 37.3 Å². The van der Waals surface area contributed by atoms with E-state index in [4.69, 9.17) is 9.40 Å². The quantitative estimate of drug-likeness (QED) is 0.399. The van der Waals surface area contributed by atoms with Crippen molar-refractivity contribution in [2.45, 2.75) is 6.92 Å². The Hall–Kier alpha value is -3.44. The van der Waals surface area contributed by atoms with Gasteiger partial charge in [-0.1, -0.05) is 42.5 Å². The first kappa shape index (κ1) is 16.7. The van der Waals surface area contributed by atoms with Crippen LogP contribution >= 0.6 is 11.3 Å². The molecule has 0 saturated heterocycles. The molecule has 28 heavy (non-hydrogen) atoms. The van der Waals surface area contributed by atoms with Crippen molar-refractivity contribution in [3.8, 4) is 10.6 Å². The number of carbonyl (C=O) groups excluding carboxylic acids is 1. The fourth-order valence-corrected chi connectivity index (χ4v) is 4.34. The van der Waals surface area contributed by atoms with Crippen molar-refractivity contribution in [3.05, 3.63) is 84.1 Å². The number of nitrogens with one attached hydrogen (secondary N) is 1. The summed E-state index contributed by atoms with van der Waals surface area (Å²) in [5.41, 5.74) is 4.11. The zero-order valence-corrected chi connectivity index (χ0v) is 15.9. The summed E-state index contributed by atoms with van der Waals surface area (Å²) in [4.78, 5) is 17.7. The molecule has 4 nitrogen and oxygen atoms in total. The van der Waals surface area contributed by atoms with Crippen LogP contribution in [0.5, 0.6) is 0 Å². The van der Waals surface area contributed by atoms with Gasteiger partial charge in [-0.3, -0.25) is 4.79 Å². The van der Waals surface area contributed by atoms with Crippen LogP contribution in [0, 0.1) is 6.92 Å². The van der Waals surface area contributed by atoms with Gasteiger partial charge in [-0.15, -0.1) is 11.3 Å². The van der Waals surface area contributed by atoms with Crippen LogP contribution in [0.25, 0.3) is 31.8 Å². The molecule has 1 amide bonds. The normalized spacial score (nSPS) is 11.2. The van der Waals surface area contributed by atoms with Gasteiger partial charge >= 0.3 is 0 Å². The maximum Gasteiger partial charge on any atom is 0.291 e. The Morgan fingerprint density at radius 3 is 2.57 bits per heavy atom. The summed E-state index contributed by atoms with van der Waals surface area (Å²) in [6.07, 6.45) is 0. The molecule has 0 unspecified atom stereocenters. The number of benzene rings is 3. The van der Waals surface area contributed by atoms with Crippen LogP contribution < -0.4 is 5.32 Å². The van der Waals surface area contributed by atoms with Crippen LogP contribution in [0.15, 0.2) is 77.2 Å². The highest BCUT2D eigenvalue weighted by atomic mass is 32.1. The minimum atomic E-state index is -0.262. The lowest BCUT2D eigenvalue weighted by atomic mass is 10.1. The molecule has 136 valence electrons. The predicted octanol–water partition coefficient (Wildman–Crippen LogP) is 6.27. The van der Waals surface area contributed by atoms with Crippen molar-refractivity contribution in [2.24, 2.45) is 0 Å². The van der Waals surface area contributed by atoms with E-state index in [0.29, 0.717) is 17.0 Å². The van der Waals surface area contributed by atoms with E-state index < -0.39 is 0 Å². The van der Waals surface area contributed by atoms with Crippen molar-refractivity contribution in [2.75, 3.05) is 5.32 Å². The molecule has 3 aromatic carbocycles. The molecule has 0 saturated carbocycles. The van der Waals surface area contributed by atoms with Crippen molar-refractivity contribution in [1.29, 1.82) is 0 Å². The number of fused-ring (bicyclic) bond motifs is 2. The zero-order chi connectivity index (χ0) is 19.1. The van der Waals surface area contributed by atoms with Crippen LogP contribution in [0.4, 0.5) is 5.69 Å². The molecule has 0 spiro atoms. The van der Waals surface area contributed by atoms with Gasteiger partial charge in [-0.25, -0.2) is 4.98 Å². The number of carbonyl (C=O) groups is 1. The van der Waals surface area contributed by atoms with Gasteiger partial charge < -0.3 is 9.73 Å². The van der Waals surface area contributed by atoms with Crippen molar-refractivity contribution in [1.82, 2.24) is 4.98 Å². The first-order valence-electron chi connectivity index (χ1n) is 8.95. The Kier molecular flexibility index (Phi) is 3.95. The molecule has 0 radical (unpaired) electrons. The second kappa shape index (κ2) is 6.62. The van der Waals surface area contributed by atoms with Gasteiger partial charge in [0.25, 0.3) is 5.91 Å². The van der Waals surface area contributed by atoms with E-state index in [1.807, 2.05) is 73.7 Å². The number of hydrogen-bond acceptors (Lipinski definition) is 4. The number of rotatable bonds is 3. The smallest absolute Gasteiger partial charge is 0.291 e. The van der Waals surface area contributed by atoms with Crippen LogP contribution in [-0.2, 0) is 0 Å². The van der Waals surface area contributed by atoms with Crippen molar-refractivity contribution >= 4 is 44.1 Å². The molecule has 5 heteroatoms. The number of furan rings is 1. The summed E-state index contributed by atoms with van der Waals surface area (Å²) in [5.74, 6) is 0.0718. The molecule has 0 fully saturated rings. The van der Waals surface area contributed by atoms with Crippen LogP contribution in [0.3, 0.4) is 0 Å². The van der Waals surface area contributed by atoms with Crippen molar-refractivity contribution < 1.29 is 9.21 Å². The number of hydrogen-bond donors (Lipinski definition) is 1. The third kappa shape index (κ3) is 2.77. The van der Waals surface area contributed by atoms with E-state index in [9.17, 15) is 4.79 Å². The Morgan fingerprint density at radius 1 is 0.964 bits per heavy atom. The number of amides is 1. The number of aryl methyl sites for hydroxylation is 1. The fraction of sp³-hybridized carbons (Fsp3) is 0.0435. The first-order chi connectivity index (χ1) is 13.7. The summed E-state index contributed by atoms with van der Waals surface area (Å²) in [7, 11) is 0. The molecule has 0 aliphatic rings. The standard InChI is InChI=1S/C23H16N2O2S/c1-14-15-8-3-6-12-19(15)27-21(14)22(26)24-17-10-4-2-9-16(17)23-25-18-11-5-7-13-20(18)28-23/h2-13H,1H3,(H,24,26). The summed E-state index contributed by atoms with van der Waals surface area (Å²) in [6.45, 7) is 1.90. The van der Waals surface area contributed by atoms with E-state index in [1.54, 1.807) is 11.3 Å². The molecular weight excluding hydrogens is 368 g/mol. The van der Waals surface area contributed by atoms with Gasteiger partial charge in [0.15, 0.2) is 5.76 Å². The number of aromatic nitrogens is 1. The van der Waals surface area contributed by atoms with E-state index in [2.05, 4.69) is 11.4 Å². The molecule has 0 aliphatic heterocycles. The Morgan fingerprint density at radius 2 is 1.71 bits per heavy atom. The van der Waals surface area contributed by atoms with Crippen molar-refractivity contribution in [3.63, 3.8) is 0 Å². The molecule has 2 aromatic heterocycles. The average molecular weight is 384 g/mol. The van der Waals surface area contributed by atoms with Gasteiger partial charge in [0.1, 0.15) is 10.6 Å². The molecule has 0 bridgehead atoms.